The maximum Gasteiger partial charge on any atom is 0.228 e. The molecule has 0 aliphatic heterocycles. The van der Waals surface area contributed by atoms with E-state index >= 15 is 0 Å². The molecule has 0 heterocycles. The van der Waals surface area contributed by atoms with Crippen molar-refractivity contribution in [1.82, 2.24) is 4.90 Å². The predicted molar refractivity (Wildman–Crippen MR) is 88.9 cm³/mol. The lowest BCUT2D eigenvalue weighted by atomic mass is 9.88. The summed E-state index contributed by atoms with van der Waals surface area (Å²) in [5.74, 6) is 0.355. The van der Waals surface area contributed by atoms with Gasteiger partial charge in [0.25, 0.3) is 0 Å². The van der Waals surface area contributed by atoms with Crippen LogP contribution in [0.2, 0.25) is 0 Å². The first-order valence-corrected chi connectivity index (χ1v) is 8.79. The van der Waals surface area contributed by atoms with Gasteiger partial charge in [-0.3, -0.25) is 4.79 Å². The Hall–Kier alpha value is -0.530. The van der Waals surface area contributed by atoms with Crippen LogP contribution in [0.3, 0.4) is 0 Å². The molecule has 0 N–H and O–H groups in total. The van der Waals surface area contributed by atoms with Crippen LogP contribution in [0.5, 0.6) is 0 Å². The van der Waals surface area contributed by atoms with E-state index in [1.165, 1.54) is 38.5 Å². The molecule has 0 aromatic carbocycles. The zero-order chi connectivity index (χ0) is 15.4. The van der Waals surface area contributed by atoms with Gasteiger partial charge in [-0.15, -0.1) is 0 Å². The monoisotopic (exact) mass is 283 g/mol. The van der Waals surface area contributed by atoms with Gasteiger partial charge in [-0.05, 0) is 19.3 Å². The number of amides is 1. The molecule has 2 heteroatoms. The molecule has 0 unspecified atom stereocenters. The number of carbonyl (C=O) groups is 1. The van der Waals surface area contributed by atoms with Crippen LogP contribution in [-0.4, -0.2) is 23.9 Å². The lowest BCUT2D eigenvalue weighted by molar-refractivity contribution is -0.140. The molecule has 0 radical (unpaired) electrons. The molecule has 0 aromatic rings. The molecule has 0 bridgehead atoms. The van der Waals surface area contributed by atoms with Gasteiger partial charge in [0.05, 0.1) is 0 Å². The Balaban J connectivity index is 4.33. The molecule has 0 aliphatic carbocycles. The van der Waals surface area contributed by atoms with Crippen LogP contribution < -0.4 is 0 Å². The van der Waals surface area contributed by atoms with E-state index in [1.54, 1.807) is 0 Å². The lowest BCUT2D eigenvalue weighted by Gasteiger charge is -2.31. The van der Waals surface area contributed by atoms with Crippen molar-refractivity contribution in [1.29, 1.82) is 0 Å². The fourth-order valence-corrected chi connectivity index (χ4v) is 2.35. The van der Waals surface area contributed by atoms with Crippen LogP contribution in [0, 0.1) is 5.41 Å². The second-order valence-corrected chi connectivity index (χ2v) is 6.65. The minimum atomic E-state index is -0.199. The summed E-state index contributed by atoms with van der Waals surface area (Å²) in [5.41, 5.74) is -0.199. The first-order valence-electron chi connectivity index (χ1n) is 8.79. The van der Waals surface area contributed by atoms with Gasteiger partial charge < -0.3 is 4.90 Å². The minimum Gasteiger partial charge on any atom is -0.342 e. The third-order valence-electron chi connectivity index (χ3n) is 4.31. The molecule has 0 fully saturated rings. The average Bonchev–Trinajstić information content (AvgIpc) is 2.45. The van der Waals surface area contributed by atoms with Crippen molar-refractivity contribution < 1.29 is 4.79 Å². The lowest BCUT2D eigenvalue weighted by Crippen LogP contribution is -2.41. The van der Waals surface area contributed by atoms with E-state index in [0.717, 1.165) is 32.4 Å². The quantitative estimate of drug-likeness (QED) is 0.438. The number of hydrogen-bond acceptors (Lipinski definition) is 1. The molecule has 0 spiro atoms. The highest BCUT2D eigenvalue weighted by Crippen LogP contribution is 2.23. The van der Waals surface area contributed by atoms with E-state index in [9.17, 15) is 4.79 Å². The molecular weight excluding hydrogens is 246 g/mol. The maximum absolute atomic E-state index is 12.6. The fourth-order valence-electron chi connectivity index (χ4n) is 2.35. The highest BCUT2D eigenvalue weighted by molar-refractivity contribution is 5.81. The van der Waals surface area contributed by atoms with Crippen molar-refractivity contribution >= 4 is 5.91 Å². The van der Waals surface area contributed by atoms with E-state index in [-0.39, 0.29) is 5.41 Å². The van der Waals surface area contributed by atoms with Crippen LogP contribution in [0.15, 0.2) is 0 Å². The van der Waals surface area contributed by atoms with Crippen LogP contribution in [0.25, 0.3) is 0 Å². The number of nitrogens with zero attached hydrogens (tertiary/aromatic N) is 1. The molecule has 0 atom stereocenters. The SMILES string of the molecule is CCCCCCN(CCCCCC)C(=O)C(C)(C)CC. The molecule has 1 amide bonds. The van der Waals surface area contributed by atoms with Crippen LogP contribution >= 0.6 is 0 Å². The smallest absolute Gasteiger partial charge is 0.228 e. The Bertz CT molecular complexity index is 236. The summed E-state index contributed by atoms with van der Waals surface area (Å²) >= 11 is 0. The molecule has 120 valence electrons. The van der Waals surface area contributed by atoms with Gasteiger partial charge in [0.15, 0.2) is 0 Å². The van der Waals surface area contributed by atoms with Crippen molar-refractivity contribution in [3.63, 3.8) is 0 Å². The van der Waals surface area contributed by atoms with Crippen LogP contribution in [0.4, 0.5) is 0 Å². The number of hydrogen-bond donors (Lipinski definition) is 0. The summed E-state index contributed by atoms with van der Waals surface area (Å²) in [7, 11) is 0. The molecule has 0 aliphatic rings. The average molecular weight is 284 g/mol. The van der Waals surface area contributed by atoms with Gasteiger partial charge in [0, 0.05) is 18.5 Å². The number of unbranched alkanes of at least 4 members (excludes halogenated alkanes) is 6. The van der Waals surface area contributed by atoms with Crippen molar-refractivity contribution in [3.8, 4) is 0 Å². The normalized spacial score (nSPS) is 11.7. The van der Waals surface area contributed by atoms with Gasteiger partial charge in [-0.2, -0.15) is 0 Å². The Morgan fingerprint density at radius 2 is 1.25 bits per heavy atom. The summed E-state index contributed by atoms with van der Waals surface area (Å²) in [6.45, 7) is 12.6. The standard InChI is InChI=1S/C18H37NO/c1-6-9-11-13-15-19(16-14-12-10-7-2)17(20)18(4,5)8-3/h6-16H2,1-5H3. The molecular formula is C18H37NO. The fraction of sp³-hybridized carbons (Fsp3) is 0.944. The molecule has 2 nitrogen and oxygen atoms in total. The highest BCUT2D eigenvalue weighted by Gasteiger charge is 2.29. The van der Waals surface area contributed by atoms with E-state index in [4.69, 9.17) is 0 Å². The Morgan fingerprint density at radius 1 is 0.800 bits per heavy atom. The Labute approximate surface area is 127 Å². The number of rotatable bonds is 12. The second kappa shape index (κ2) is 11.2. The highest BCUT2D eigenvalue weighted by atomic mass is 16.2. The summed E-state index contributed by atoms with van der Waals surface area (Å²) in [6, 6.07) is 0. The summed E-state index contributed by atoms with van der Waals surface area (Å²) in [6.07, 6.45) is 10.8. The first-order chi connectivity index (χ1) is 9.49. The Morgan fingerprint density at radius 3 is 1.60 bits per heavy atom. The topological polar surface area (TPSA) is 20.3 Å². The van der Waals surface area contributed by atoms with Crippen molar-refractivity contribution in [2.24, 2.45) is 5.41 Å². The summed E-state index contributed by atoms with van der Waals surface area (Å²) < 4.78 is 0. The van der Waals surface area contributed by atoms with Crippen molar-refractivity contribution in [2.45, 2.75) is 92.4 Å². The molecule has 0 rings (SSSR count). The first kappa shape index (κ1) is 19.5. The zero-order valence-corrected chi connectivity index (χ0v) is 14.6. The predicted octanol–water partition coefficient (Wildman–Crippen LogP) is 5.41. The van der Waals surface area contributed by atoms with Crippen molar-refractivity contribution in [3.05, 3.63) is 0 Å². The van der Waals surface area contributed by atoms with Gasteiger partial charge in [0.1, 0.15) is 0 Å². The van der Waals surface area contributed by atoms with Crippen LogP contribution in [0.1, 0.15) is 92.4 Å². The van der Waals surface area contributed by atoms with Crippen molar-refractivity contribution in [2.75, 3.05) is 13.1 Å². The van der Waals surface area contributed by atoms with E-state index in [1.807, 2.05) is 0 Å². The largest absolute Gasteiger partial charge is 0.342 e. The minimum absolute atomic E-state index is 0.199. The Kier molecular flexibility index (Phi) is 10.9. The molecule has 0 aromatic heterocycles. The summed E-state index contributed by atoms with van der Waals surface area (Å²) in [4.78, 5) is 14.8. The van der Waals surface area contributed by atoms with E-state index in [0.29, 0.717) is 5.91 Å². The molecule has 20 heavy (non-hydrogen) atoms. The summed E-state index contributed by atoms with van der Waals surface area (Å²) in [5, 5.41) is 0. The van der Waals surface area contributed by atoms with Gasteiger partial charge in [0.2, 0.25) is 5.91 Å². The molecule has 0 saturated heterocycles. The third-order valence-corrected chi connectivity index (χ3v) is 4.31. The van der Waals surface area contributed by atoms with Gasteiger partial charge in [-0.1, -0.05) is 73.1 Å². The molecule has 0 saturated carbocycles. The number of carbonyl (C=O) groups excluding carboxylic acids is 1. The van der Waals surface area contributed by atoms with Crippen LogP contribution in [-0.2, 0) is 4.79 Å². The maximum atomic E-state index is 12.6. The second-order valence-electron chi connectivity index (χ2n) is 6.65. The zero-order valence-electron chi connectivity index (χ0n) is 14.6. The van der Waals surface area contributed by atoms with Gasteiger partial charge >= 0.3 is 0 Å². The van der Waals surface area contributed by atoms with E-state index < -0.39 is 0 Å². The van der Waals surface area contributed by atoms with E-state index in [2.05, 4.69) is 39.5 Å². The van der Waals surface area contributed by atoms with Gasteiger partial charge in [-0.25, -0.2) is 0 Å². The third kappa shape index (κ3) is 7.91.